The molecule has 0 spiro atoms. The fourth-order valence-electron chi connectivity index (χ4n) is 11.6. The van der Waals surface area contributed by atoms with Gasteiger partial charge < -0.3 is 23.7 Å². The standard InChI is InChI=1S/C61H68N8O7S/c1-37(35-67-30-32-68(33-31-67)60-63-48-25-20-41(34-51(48)75-60)44-24-27-54(70)65-56(44)71)16-17-39-18-21-42(22-19-39)74-50-14-9-11-43(38(50)2)45-23-26-53(64-55(45)58(73)76-61(3,4)5)69-29-28-40-10-8-12-46(47(40)36-69)57(72)66-59-62-49-13-6-7-15-52(49)77-59/h6-15,20,23,25-26,34,37,39,42,44H,16-19,21-22,24,27-33,35-36H2,1-5H3,(H,62,66,72)(H,65,70,71)/t37-,39?,42?,44?/m1/s1. The van der Waals surface area contributed by atoms with Crippen LogP contribution in [-0.4, -0.2) is 94.5 Å². The van der Waals surface area contributed by atoms with Crippen LogP contribution in [0.1, 0.15) is 128 Å². The molecule has 2 saturated heterocycles. The van der Waals surface area contributed by atoms with Gasteiger partial charge in [-0.1, -0.05) is 67.1 Å². The number of oxazole rings is 1. The van der Waals surface area contributed by atoms with Crippen molar-refractivity contribution in [3.8, 4) is 16.9 Å². The Morgan fingerprint density at radius 1 is 0.831 bits per heavy atom. The molecule has 3 aromatic heterocycles. The smallest absolute Gasteiger partial charge is 0.358 e. The molecule has 77 heavy (non-hydrogen) atoms. The van der Waals surface area contributed by atoms with Crippen molar-refractivity contribution in [3.05, 3.63) is 125 Å². The zero-order valence-electron chi connectivity index (χ0n) is 44.7. The third kappa shape index (κ3) is 11.7. The van der Waals surface area contributed by atoms with Crippen molar-refractivity contribution in [2.45, 2.75) is 117 Å². The van der Waals surface area contributed by atoms with E-state index in [1.165, 1.54) is 24.2 Å². The number of piperazine rings is 1. The number of amides is 3. The Bertz CT molecular complexity index is 3310. The van der Waals surface area contributed by atoms with E-state index in [9.17, 15) is 19.2 Å². The van der Waals surface area contributed by atoms with Gasteiger partial charge in [-0.3, -0.25) is 29.9 Å². The van der Waals surface area contributed by atoms with E-state index in [1.807, 2.05) is 106 Å². The Morgan fingerprint density at radius 3 is 2.43 bits per heavy atom. The molecular weight excluding hydrogens is 989 g/mol. The average molecular weight is 1060 g/mol. The number of thiazole rings is 1. The van der Waals surface area contributed by atoms with E-state index in [1.54, 1.807) is 0 Å². The highest BCUT2D eigenvalue weighted by Crippen LogP contribution is 2.39. The molecule has 1 saturated carbocycles. The summed E-state index contributed by atoms with van der Waals surface area (Å²) < 4.78 is 20.0. The number of nitrogens with one attached hydrogen (secondary N) is 2. The van der Waals surface area contributed by atoms with Crippen molar-refractivity contribution in [1.82, 2.24) is 25.2 Å². The minimum atomic E-state index is -0.734. The fraction of sp³-hybridized carbons (Fsp3) is 0.426. The second-order valence-electron chi connectivity index (χ2n) is 22.5. The predicted molar refractivity (Wildman–Crippen MR) is 301 cm³/mol. The van der Waals surface area contributed by atoms with Crippen LogP contribution in [0.5, 0.6) is 5.75 Å². The van der Waals surface area contributed by atoms with Crippen LogP contribution in [0.3, 0.4) is 0 Å². The molecule has 1 aliphatic carbocycles. The quantitative estimate of drug-likeness (QED) is 0.0779. The molecule has 7 aromatic rings. The molecule has 11 rings (SSSR count). The largest absolute Gasteiger partial charge is 0.490 e. The van der Waals surface area contributed by atoms with Gasteiger partial charge in [-0.25, -0.2) is 14.8 Å². The molecular formula is C61H68N8O7S. The summed E-state index contributed by atoms with van der Waals surface area (Å²) in [6.45, 7) is 15.8. The maximum absolute atomic E-state index is 14.1. The van der Waals surface area contributed by atoms with E-state index in [0.29, 0.717) is 77.9 Å². The summed E-state index contributed by atoms with van der Waals surface area (Å²) in [5.41, 5.74) is 7.79. The second kappa shape index (κ2) is 22.1. The third-order valence-corrected chi connectivity index (χ3v) is 16.8. The Labute approximate surface area is 453 Å². The molecule has 3 amide bonds. The van der Waals surface area contributed by atoms with Crippen molar-refractivity contribution in [1.29, 1.82) is 0 Å². The summed E-state index contributed by atoms with van der Waals surface area (Å²) >= 11 is 1.45. The first-order valence-electron chi connectivity index (χ1n) is 27.4. The number of carbonyl (C=O) groups excluding carboxylic acids is 4. The van der Waals surface area contributed by atoms with Crippen LogP contribution < -0.4 is 25.2 Å². The summed E-state index contributed by atoms with van der Waals surface area (Å²) in [6, 6.07) is 30.1. The van der Waals surface area contributed by atoms with Crippen LogP contribution in [0.15, 0.2) is 95.4 Å². The fourth-order valence-corrected chi connectivity index (χ4v) is 12.5. The van der Waals surface area contributed by atoms with E-state index < -0.39 is 11.6 Å². The van der Waals surface area contributed by atoms with Gasteiger partial charge in [0.15, 0.2) is 16.4 Å². The van der Waals surface area contributed by atoms with Crippen LogP contribution in [0.25, 0.3) is 32.4 Å². The lowest BCUT2D eigenvalue weighted by Crippen LogP contribution is -2.47. The normalized spacial score (nSPS) is 19.7. The van der Waals surface area contributed by atoms with Crippen LogP contribution in [0.2, 0.25) is 0 Å². The Kier molecular flexibility index (Phi) is 14.9. The van der Waals surface area contributed by atoms with Crippen LogP contribution in [0.4, 0.5) is 17.0 Å². The van der Waals surface area contributed by atoms with Gasteiger partial charge in [0.2, 0.25) is 11.8 Å². The van der Waals surface area contributed by atoms with Crippen molar-refractivity contribution >= 4 is 73.3 Å². The first-order valence-corrected chi connectivity index (χ1v) is 28.2. The zero-order valence-corrected chi connectivity index (χ0v) is 45.5. The number of ether oxygens (including phenoxy) is 2. The van der Waals surface area contributed by atoms with Gasteiger partial charge in [-0.15, -0.1) is 0 Å². The molecule has 0 bridgehead atoms. The topological polar surface area (TPSA) is 172 Å². The van der Waals surface area contributed by atoms with Gasteiger partial charge in [0.1, 0.15) is 22.7 Å². The molecule has 2 atom stereocenters. The summed E-state index contributed by atoms with van der Waals surface area (Å²) in [4.78, 5) is 73.5. The maximum Gasteiger partial charge on any atom is 0.358 e. The lowest BCUT2D eigenvalue weighted by atomic mass is 9.83. The first kappa shape index (κ1) is 51.9. The zero-order chi connectivity index (χ0) is 53.4. The summed E-state index contributed by atoms with van der Waals surface area (Å²) in [5.74, 6) is 1.20. The van der Waals surface area contributed by atoms with Gasteiger partial charge in [-0.05, 0) is 161 Å². The number of piperidine rings is 1. The number of esters is 1. The maximum atomic E-state index is 14.1. The number of imide groups is 1. The number of anilines is 3. The summed E-state index contributed by atoms with van der Waals surface area (Å²) in [5, 5.41) is 6.05. The van der Waals surface area contributed by atoms with Gasteiger partial charge in [-0.2, -0.15) is 4.98 Å². The Hall–Kier alpha value is -7.17. The Balaban J connectivity index is 0.683. The number of aromatic nitrogens is 3. The molecule has 1 unspecified atom stereocenters. The van der Waals surface area contributed by atoms with E-state index in [0.717, 1.165) is 108 Å². The highest BCUT2D eigenvalue weighted by atomic mass is 32.1. The minimum Gasteiger partial charge on any atom is -0.490 e. The van der Waals surface area contributed by atoms with Gasteiger partial charge in [0.25, 0.3) is 11.9 Å². The SMILES string of the molecule is Cc1c(OC2CCC(CC[C@@H](C)CN3CCN(c4nc5ccc(C6CCC(=O)NC6=O)cc5o4)CC3)CC2)cccc1-c1ccc(N2CCc3cccc(C(=O)Nc4nc5ccccc5s4)c3C2)nc1C(=O)OC(C)(C)C. The molecule has 3 aliphatic heterocycles. The number of carbonyl (C=O) groups is 4. The number of hydrogen-bond donors (Lipinski definition) is 2. The summed E-state index contributed by atoms with van der Waals surface area (Å²) in [7, 11) is 0. The molecule has 16 heteroatoms. The third-order valence-electron chi connectivity index (χ3n) is 15.8. The van der Waals surface area contributed by atoms with Crippen LogP contribution in [-0.2, 0) is 27.3 Å². The molecule has 2 N–H and O–H groups in total. The van der Waals surface area contributed by atoms with E-state index in [-0.39, 0.29) is 35.4 Å². The summed E-state index contributed by atoms with van der Waals surface area (Å²) in [6.07, 6.45) is 8.36. The molecule has 0 radical (unpaired) electrons. The number of para-hydroxylation sites is 1. The Morgan fingerprint density at radius 2 is 1.64 bits per heavy atom. The monoisotopic (exact) mass is 1060 g/mol. The average Bonchev–Trinajstić information content (AvgIpc) is 4.05. The highest BCUT2D eigenvalue weighted by molar-refractivity contribution is 7.22. The predicted octanol–water partition coefficient (Wildman–Crippen LogP) is 11.3. The first-order chi connectivity index (χ1) is 37.2. The van der Waals surface area contributed by atoms with Crippen molar-refractivity contribution in [2.24, 2.45) is 11.8 Å². The molecule has 3 fully saturated rings. The molecule has 15 nitrogen and oxygen atoms in total. The number of benzene rings is 4. The molecule has 6 heterocycles. The molecule has 4 aliphatic rings. The van der Waals surface area contributed by atoms with Crippen LogP contribution >= 0.6 is 11.3 Å². The minimum absolute atomic E-state index is 0.114. The van der Waals surface area contributed by atoms with E-state index in [2.05, 4.69) is 50.2 Å². The molecule has 4 aromatic carbocycles. The lowest BCUT2D eigenvalue weighted by Gasteiger charge is -2.35. The van der Waals surface area contributed by atoms with Gasteiger partial charge in [0, 0.05) is 63.4 Å². The number of fused-ring (bicyclic) bond motifs is 3. The highest BCUT2D eigenvalue weighted by Gasteiger charge is 2.32. The van der Waals surface area contributed by atoms with Crippen molar-refractivity contribution in [2.75, 3.05) is 54.4 Å². The van der Waals surface area contributed by atoms with E-state index in [4.69, 9.17) is 23.9 Å². The number of nitrogens with zero attached hydrogens (tertiary/aromatic N) is 6. The van der Waals surface area contributed by atoms with Crippen molar-refractivity contribution < 1.29 is 33.1 Å². The number of pyridine rings is 1. The van der Waals surface area contributed by atoms with Crippen LogP contribution in [0, 0.1) is 18.8 Å². The van der Waals surface area contributed by atoms with Crippen molar-refractivity contribution in [3.63, 3.8) is 0 Å². The number of rotatable bonds is 14. The molecule has 400 valence electrons. The van der Waals surface area contributed by atoms with E-state index >= 15 is 0 Å². The lowest BCUT2D eigenvalue weighted by molar-refractivity contribution is -0.134. The van der Waals surface area contributed by atoms with Gasteiger partial charge in [0.05, 0.1) is 22.2 Å². The number of hydrogen-bond acceptors (Lipinski definition) is 14. The van der Waals surface area contributed by atoms with Gasteiger partial charge >= 0.3 is 5.97 Å². The second-order valence-corrected chi connectivity index (χ2v) is 23.5.